The van der Waals surface area contributed by atoms with Crippen LogP contribution in [0, 0.1) is 0 Å². The second kappa shape index (κ2) is 6.24. The number of nitrogens with one attached hydrogen (secondary N) is 1. The highest BCUT2D eigenvalue weighted by Crippen LogP contribution is 2.23. The number of rotatable bonds is 4. The molecule has 0 radical (unpaired) electrons. The van der Waals surface area contributed by atoms with Gasteiger partial charge in [-0.05, 0) is 7.05 Å². The van der Waals surface area contributed by atoms with E-state index in [1.807, 2.05) is 11.7 Å². The summed E-state index contributed by atoms with van der Waals surface area (Å²) < 4.78 is 7.67. The molecule has 2 heterocycles. The van der Waals surface area contributed by atoms with Crippen molar-refractivity contribution < 1.29 is 4.74 Å². The quantitative estimate of drug-likeness (QED) is 0.898. The van der Waals surface area contributed by atoms with Gasteiger partial charge in [0.15, 0.2) is 0 Å². The molecule has 5 nitrogen and oxygen atoms in total. The molecule has 0 saturated carbocycles. The zero-order valence-electron chi connectivity index (χ0n) is 13.4. The van der Waals surface area contributed by atoms with Crippen molar-refractivity contribution in [3.05, 3.63) is 17.5 Å². The van der Waals surface area contributed by atoms with Crippen molar-refractivity contribution >= 4 is 0 Å². The van der Waals surface area contributed by atoms with Gasteiger partial charge in [-0.2, -0.15) is 5.10 Å². The van der Waals surface area contributed by atoms with Gasteiger partial charge in [-0.15, -0.1) is 0 Å². The van der Waals surface area contributed by atoms with Crippen LogP contribution < -0.4 is 5.32 Å². The Hall–Kier alpha value is -0.910. The first-order valence-corrected chi connectivity index (χ1v) is 7.40. The number of likely N-dealkylation sites (N-methyl/N-ethyl adjacent to an activating group) is 1. The first-order valence-electron chi connectivity index (χ1n) is 7.40. The Morgan fingerprint density at radius 2 is 2.15 bits per heavy atom. The van der Waals surface area contributed by atoms with Crippen LogP contribution in [0.2, 0.25) is 0 Å². The fourth-order valence-corrected chi connectivity index (χ4v) is 2.66. The first kappa shape index (κ1) is 15.5. The van der Waals surface area contributed by atoms with Crippen LogP contribution in [0.3, 0.4) is 0 Å². The highest BCUT2D eigenvalue weighted by atomic mass is 16.5. The number of aromatic nitrogens is 2. The number of aryl methyl sites for hydroxylation is 1. The number of morpholine rings is 1. The zero-order chi connectivity index (χ0) is 14.8. The van der Waals surface area contributed by atoms with E-state index in [2.05, 4.69) is 49.3 Å². The maximum absolute atomic E-state index is 5.76. The molecule has 1 saturated heterocycles. The van der Waals surface area contributed by atoms with Crippen LogP contribution in [0.4, 0.5) is 0 Å². The molecule has 0 amide bonds. The van der Waals surface area contributed by atoms with Gasteiger partial charge in [0.2, 0.25) is 0 Å². The molecule has 0 aliphatic carbocycles. The summed E-state index contributed by atoms with van der Waals surface area (Å²) >= 11 is 0. The van der Waals surface area contributed by atoms with E-state index < -0.39 is 0 Å². The summed E-state index contributed by atoms with van der Waals surface area (Å²) in [4.78, 5) is 2.32. The highest BCUT2D eigenvalue weighted by molar-refractivity contribution is 5.23. The molecule has 0 spiro atoms. The van der Waals surface area contributed by atoms with Gasteiger partial charge in [0.05, 0.1) is 18.4 Å². The van der Waals surface area contributed by atoms with Crippen molar-refractivity contribution in [2.24, 2.45) is 7.05 Å². The van der Waals surface area contributed by atoms with Gasteiger partial charge < -0.3 is 15.0 Å². The average Bonchev–Trinajstić information content (AvgIpc) is 2.70. The van der Waals surface area contributed by atoms with Crippen molar-refractivity contribution in [2.45, 2.75) is 38.8 Å². The van der Waals surface area contributed by atoms with Crippen molar-refractivity contribution in [3.63, 3.8) is 0 Å². The van der Waals surface area contributed by atoms with Crippen LogP contribution >= 0.6 is 0 Å². The smallest absolute Gasteiger partial charge is 0.0826 e. The number of ether oxygens (including phenoxy) is 1. The molecule has 20 heavy (non-hydrogen) atoms. The van der Waals surface area contributed by atoms with E-state index >= 15 is 0 Å². The summed E-state index contributed by atoms with van der Waals surface area (Å²) in [6, 6.07) is 0. The van der Waals surface area contributed by atoms with Crippen LogP contribution in [0.5, 0.6) is 0 Å². The van der Waals surface area contributed by atoms with E-state index in [1.54, 1.807) is 0 Å². The summed E-state index contributed by atoms with van der Waals surface area (Å²) in [5.74, 6) is 0. The summed E-state index contributed by atoms with van der Waals surface area (Å²) in [7, 11) is 4.13. The Bertz CT molecular complexity index is 436. The van der Waals surface area contributed by atoms with E-state index in [0.717, 1.165) is 32.8 Å². The third-order valence-electron chi connectivity index (χ3n) is 3.64. The standard InChI is InChI=1S/C15H28N4O/c1-15(2,3)14-12(10-19(5)17-14)8-16-9-13-11-18(4)6-7-20-13/h10,13,16H,6-9,11H2,1-5H3/t13-/m0/s1. The van der Waals surface area contributed by atoms with E-state index in [1.165, 1.54) is 11.3 Å². The van der Waals surface area contributed by atoms with Crippen molar-refractivity contribution in [1.29, 1.82) is 0 Å². The Morgan fingerprint density at radius 3 is 2.80 bits per heavy atom. The van der Waals surface area contributed by atoms with Gasteiger partial charge in [-0.3, -0.25) is 4.68 Å². The second-order valence-corrected chi connectivity index (χ2v) is 6.81. The third kappa shape index (κ3) is 4.04. The van der Waals surface area contributed by atoms with Gasteiger partial charge in [0, 0.05) is 50.4 Å². The molecule has 1 aromatic heterocycles. The molecule has 0 unspecified atom stereocenters. The lowest BCUT2D eigenvalue weighted by molar-refractivity contribution is -0.0182. The van der Waals surface area contributed by atoms with Crippen molar-refractivity contribution in [3.8, 4) is 0 Å². The van der Waals surface area contributed by atoms with E-state index in [9.17, 15) is 0 Å². The van der Waals surface area contributed by atoms with Gasteiger partial charge >= 0.3 is 0 Å². The van der Waals surface area contributed by atoms with Crippen LogP contribution in [0.25, 0.3) is 0 Å². The molecule has 1 aromatic rings. The molecular formula is C15H28N4O. The predicted molar refractivity (Wildman–Crippen MR) is 80.9 cm³/mol. The fraction of sp³-hybridized carbons (Fsp3) is 0.800. The summed E-state index contributed by atoms with van der Waals surface area (Å²) in [6.45, 7) is 11.2. The maximum Gasteiger partial charge on any atom is 0.0826 e. The number of hydrogen-bond acceptors (Lipinski definition) is 4. The average molecular weight is 280 g/mol. The van der Waals surface area contributed by atoms with Crippen LogP contribution in [0.15, 0.2) is 6.20 Å². The maximum atomic E-state index is 5.76. The van der Waals surface area contributed by atoms with Gasteiger partial charge in [-0.1, -0.05) is 20.8 Å². The van der Waals surface area contributed by atoms with Crippen molar-refractivity contribution in [2.75, 3.05) is 33.3 Å². The normalized spacial score (nSPS) is 21.4. The second-order valence-electron chi connectivity index (χ2n) is 6.81. The number of nitrogens with zero attached hydrogens (tertiary/aromatic N) is 3. The first-order chi connectivity index (χ1) is 9.36. The van der Waals surface area contributed by atoms with Crippen LogP contribution in [0.1, 0.15) is 32.0 Å². The molecule has 1 fully saturated rings. The molecular weight excluding hydrogens is 252 g/mol. The molecule has 5 heteroatoms. The lowest BCUT2D eigenvalue weighted by atomic mass is 9.89. The third-order valence-corrected chi connectivity index (χ3v) is 3.64. The summed E-state index contributed by atoms with van der Waals surface area (Å²) in [5, 5.41) is 8.11. The van der Waals surface area contributed by atoms with Crippen molar-refractivity contribution in [1.82, 2.24) is 20.0 Å². The molecule has 1 atom stereocenters. The summed E-state index contributed by atoms with van der Waals surface area (Å²) in [6.07, 6.45) is 2.41. The molecule has 114 valence electrons. The zero-order valence-corrected chi connectivity index (χ0v) is 13.4. The minimum Gasteiger partial charge on any atom is -0.374 e. The fourth-order valence-electron chi connectivity index (χ4n) is 2.66. The Kier molecular flexibility index (Phi) is 4.83. The largest absolute Gasteiger partial charge is 0.374 e. The molecule has 1 aliphatic heterocycles. The molecule has 2 rings (SSSR count). The molecule has 0 aromatic carbocycles. The number of hydrogen-bond donors (Lipinski definition) is 1. The van der Waals surface area contributed by atoms with Gasteiger partial charge in [0.1, 0.15) is 0 Å². The van der Waals surface area contributed by atoms with Crippen LogP contribution in [-0.2, 0) is 23.7 Å². The van der Waals surface area contributed by atoms with E-state index in [4.69, 9.17) is 4.74 Å². The highest BCUT2D eigenvalue weighted by Gasteiger charge is 2.22. The SMILES string of the molecule is CN1CCO[C@@H](CNCc2cn(C)nc2C(C)(C)C)C1. The minimum absolute atomic E-state index is 0.0832. The predicted octanol–water partition coefficient (Wildman–Crippen LogP) is 1.14. The Labute approximate surface area is 122 Å². The molecule has 0 bridgehead atoms. The minimum atomic E-state index is 0.0832. The monoisotopic (exact) mass is 280 g/mol. The Morgan fingerprint density at radius 1 is 1.40 bits per heavy atom. The Balaban J connectivity index is 1.88. The molecule has 1 N–H and O–H groups in total. The van der Waals surface area contributed by atoms with Gasteiger partial charge in [-0.25, -0.2) is 0 Å². The molecule has 1 aliphatic rings. The van der Waals surface area contributed by atoms with E-state index in [-0.39, 0.29) is 5.41 Å². The van der Waals surface area contributed by atoms with Crippen LogP contribution in [-0.4, -0.2) is 54.1 Å². The summed E-state index contributed by atoms with van der Waals surface area (Å²) in [5.41, 5.74) is 2.54. The topological polar surface area (TPSA) is 42.3 Å². The lowest BCUT2D eigenvalue weighted by Gasteiger charge is -2.30. The lowest BCUT2D eigenvalue weighted by Crippen LogP contribution is -2.44. The van der Waals surface area contributed by atoms with Gasteiger partial charge in [0.25, 0.3) is 0 Å². The van der Waals surface area contributed by atoms with E-state index in [0.29, 0.717) is 6.10 Å².